The molecule has 0 unspecified atom stereocenters. The number of carbonyl (C=O) groups is 2. The lowest BCUT2D eigenvalue weighted by molar-refractivity contribution is -0.137. The highest BCUT2D eigenvalue weighted by Crippen LogP contribution is 2.44. The average Bonchev–Trinajstić information content (AvgIpc) is 3.57. The van der Waals surface area contributed by atoms with Gasteiger partial charge >= 0.3 is 0 Å². The van der Waals surface area contributed by atoms with Crippen LogP contribution in [0.4, 0.5) is 5.82 Å². The number of imidazole rings is 1. The number of likely N-dealkylation sites (tertiary alicyclic amines) is 1. The van der Waals surface area contributed by atoms with Crippen LogP contribution in [0.3, 0.4) is 0 Å². The van der Waals surface area contributed by atoms with Crippen LogP contribution in [0.25, 0.3) is 6.08 Å². The number of hydrogen-bond acceptors (Lipinski definition) is 7. The number of hydrogen-bond donors (Lipinski definition) is 0. The van der Waals surface area contributed by atoms with E-state index in [0.29, 0.717) is 55.3 Å². The van der Waals surface area contributed by atoms with E-state index >= 15 is 0 Å². The third-order valence-electron chi connectivity index (χ3n) is 9.45. The molecule has 2 aromatic heterocycles. The molecule has 42 heavy (non-hydrogen) atoms. The first-order valence-corrected chi connectivity index (χ1v) is 15.1. The van der Waals surface area contributed by atoms with Crippen LogP contribution in [0.2, 0.25) is 5.15 Å². The summed E-state index contributed by atoms with van der Waals surface area (Å²) in [4.78, 5) is 46.1. The fraction of sp³-hybridized carbons (Fsp3) is 0.452. The number of anilines is 1. The first-order chi connectivity index (χ1) is 20.5. The van der Waals surface area contributed by atoms with Crippen molar-refractivity contribution in [2.24, 2.45) is 5.92 Å². The number of fused-ring (bicyclic) bond motifs is 3. The lowest BCUT2D eigenvalue weighted by Crippen LogP contribution is -2.45. The number of methoxy groups -OCH3 is 1. The first-order valence-electron chi connectivity index (χ1n) is 14.7. The lowest BCUT2D eigenvalue weighted by atomic mass is 9.74. The molecule has 1 aromatic carbocycles. The van der Waals surface area contributed by atoms with Gasteiger partial charge in [-0.2, -0.15) is 0 Å². The molecule has 7 rings (SSSR count). The molecule has 3 aliphatic heterocycles. The van der Waals surface area contributed by atoms with Crippen molar-refractivity contribution in [1.82, 2.24) is 29.3 Å². The number of allylic oxidation sites excluding steroid dienone is 1. The molecule has 0 N–H and O–H groups in total. The summed E-state index contributed by atoms with van der Waals surface area (Å²) in [6.07, 6.45) is 9.27. The number of amides is 2. The number of ether oxygens (including phenoxy) is 1. The van der Waals surface area contributed by atoms with Gasteiger partial charge in [-0.25, -0.2) is 15.0 Å². The summed E-state index contributed by atoms with van der Waals surface area (Å²) >= 11 is 6.73. The molecule has 5 heterocycles. The minimum atomic E-state index is -0.126. The average molecular weight is 588 g/mol. The molecular formula is C31H34ClN7O3. The molecule has 0 radical (unpaired) electrons. The Morgan fingerprint density at radius 1 is 1.00 bits per heavy atom. The van der Waals surface area contributed by atoms with Gasteiger partial charge in [0.2, 0.25) is 11.8 Å². The molecular weight excluding hydrogens is 554 g/mol. The highest BCUT2D eigenvalue weighted by molar-refractivity contribution is 6.32. The second-order valence-electron chi connectivity index (χ2n) is 11.6. The number of carbonyl (C=O) groups excluding carboxylic acids is 2. The van der Waals surface area contributed by atoms with Crippen molar-refractivity contribution in [2.45, 2.75) is 44.2 Å². The largest absolute Gasteiger partial charge is 0.481 e. The van der Waals surface area contributed by atoms with Crippen molar-refractivity contribution >= 4 is 35.3 Å². The minimum Gasteiger partial charge on any atom is -0.481 e. The van der Waals surface area contributed by atoms with Crippen molar-refractivity contribution in [2.75, 3.05) is 44.7 Å². The molecule has 2 saturated heterocycles. The molecule has 218 valence electrons. The summed E-state index contributed by atoms with van der Waals surface area (Å²) < 4.78 is 7.12. The van der Waals surface area contributed by atoms with Gasteiger partial charge < -0.3 is 24.0 Å². The molecule has 0 atom stereocenters. The number of halogens is 1. The van der Waals surface area contributed by atoms with Gasteiger partial charge in [-0.05, 0) is 36.8 Å². The predicted molar refractivity (Wildman–Crippen MR) is 158 cm³/mol. The van der Waals surface area contributed by atoms with E-state index in [1.165, 1.54) is 17.5 Å². The van der Waals surface area contributed by atoms with Gasteiger partial charge in [0, 0.05) is 56.7 Å². The van der Waals surface area contributed by atoms with Gasteiger partial charge in [-0.3, -0.25) is 9.59 Å². The fourth-order valence-electron chi connectivity index (χ4n) is 6.98. The Kier molecular flexibility index (Phi) is 6.88. The number of aromatic nitrogens is 4. The highest BCUT2D eigenvalue weighted by Gasteiger charge is 2.40. The number of benzene rings is 1. The van der Waals surface area contributed by atoms with Crippen molar-refractivity contribution in [3.8, 4) is 5.88 Å². The van der Waals surface area contributed by atoms with E-state index in [4.69, 9.17) is 21.3 Å². The molecule has 2 amide bonds. The summed E-state index contributed by atoms with van der Waals surface area (Å²) in [5.74, 6) is 1.97. The Morgan fingerprint density at radius 3 is 2.57 bits per heavy atom. The molecule has 1 spiro atoms. The Morgan fingerprint density at radius 2 is 1.79 bits per heavy atom. The second-order valence-corrected chi connectivity index (χ2v) is 12.0. The zero-order chi connectivity index (χ0) is 28.8. The summed E-state index contributed by atoms with van der Waals surface area (Å²) in [5.41, 5.74) is 2.94. The molecule has 3 aromatic rings. The van der Waals surface area contributed by atoms with E-state index in [-0.39, 0.29) is 23.1 Å². The minimum absolute atomic E-state index is 0.00327. The summed E-state index contributed by atoms with van der Waals surface area (Å²) in [6.45, 7) is 4.23. The lowest BCUT2D eigenvalue weighted by Gasteiger charge is -2.39. The first kappa shape index (κ1) is 26.9. The van der Waals surface area contributed by atoms with E-state index in [1.807, 2.05) is 20.4 Å². The quantitative estimate of drug-likeness (QED) is 0.458. The topological polar surface area (TPSA) is 96.7 Å². The zero-order valence-electron chi connectivity index (χ0n) is 23.7. The third kappa shape index (κ3) is 4.62. The Hall–Kier alpha value is -3.92. The van der Waals surface area contributed by atoms with Gasteiger partial charge in [0.1, 0.15) is 23.1 Å². The highest BCUT2D eigenvalue weighted by atomic mass is 35.5. The van der Waals surface area contributed by atoms with Crippen molar-refractivity contribution in [3.63, 3.8) is 0 Å². The van der Waals surface area contributed by atoms with Crippen molar-refractivity contribution < 1.29 is 14.3 Å². The van der Waals surface area contributed by atoms with Crippen molar-refractivity contribution in [3.05, 3.63) is 70.5 Å². The number of rotatable bonds is 4. The Labute approximate surface area is 249 Å². The maximum atomic E-state index is 13.6. The van der Waals surface area contributed by atoms with Crippen LogP contribution in [-0.2, 0) is 23.3 Å². The van der Waals surface area contributed by atoms with Crippen molar-refractivity contribution in [1.29, 1.82) is 0 Å². The van der Waals surface area contributed by atoms with Gasteiger partial charge in [0.15, 0.2) is 5.69 Å². The third-order valence-corrected chi connectivity index (χ3v) is 9.83. The van der Waals surface area contributed by atoms with E-state index in [0.717, 1.165) is 44.6 Å². The summed E-state index contributed by atoms with van der Waals surface area (Å²) in [6, 6.07) is 10.3. The molecule has 11 heteroatoms. The van der Waals surface area contributed by atoms with Gasteiger partial charge in [0.25, 0.3) is 5.91 Å². The van der Waals surface area contributed by atoms with Crippen LogP contribution < -0.4 is 9.64 Å². The number of nitrogens with zero attached hydrogens (tertiary/aromatic N) is 7. The summed E-state index contributed by atoms with van der Waals surface area (Å²) in [5, 5.41) is 0.377. The van der Waals surface area contributed by atoms with E-state index in [1.54, 1.807) is 7.11 Å². The molecule has 4 aliphatic rings. The normalized spacial score (nSPS) is 19.6. The molecule has 0 saturated carbocycles. The standard InChI is InChI=1S/C31H34ClN7O3/c1-42-26-18-24(33-20-34-26)36-12-7-22(8-13-36)29(40)38-16-17-39-25(19-38)35-27(28(39)32)30(41)37-14-10-31(11-15-37)9-6-21-4-2-3-5-23(21)31/h2-6,9,18,20,22H,7-8,10-17,19H2,1H3. The van der Waals surface area contributed by atoms with Gasteiger partial charge in [0.05, 0.1) is 13.7 Å². The van der Waals surface area contributed by atoms with Crippen LogP contribution in [0.5, 0.6) is 5.88 Å². The Bertz CT molecular complexity index is 1550. The monoisotopic (exact) mass is 587 g/mol. The molecule has 2 fully saturated rings. The van der Waals surface area contributed by atoms with E-state index in [2.05, 4.69) is 51.3 Å². The maximum absolute atomic E-state index is 13.6. The predicted octanol–water partition coefficient (Wildman–Crippen LogP) is 3.79. The van der Waals surface area contributed by atoms with Crippen LogP contribution >= 0.6 is 11.6 Å². The smallest absolute Gasteiger partial charge is 0.275 e. The molecule has 10 nitrogen and oxygen atoms in total. The van der Waals surface area contributed by atoms with E-state index in [9.17, 15) is 9.59 Å². The van der Waals surface area contributed by atoms with Crippen LogP contribution in [-0.4, -0.2) is 81.0 Å². The maximum Gasteiger partial charge on any atom is 0.275 e. The van der Waals surface area contributed by atoms with Crippen LogP contribution in [0, 0.1) is 5.92 Å². The van der Waals surface area contributed by atoms with Crippen LogP contribution in [0.15, 0.2) is 42.7 Å². The SMILES string of the molecule is COc1cc(N2CCC(C(=O)N3CCn4c(nc(C(=O)N5CCC6(C=Cc7ccccc76)CC5)c4Cl)C3)CC2)ncn1. The number of piperidine rings is 2. The second kappa shape index (κ2) is 10.7. The molecule has 0 bridgehead atoms. The summed E-state index contributed by atoms with van der Waals surface area (Å²) in [7, 11) is 1.59. The fourth-order valence-corrected chi connectivity index (χ4v) is 7.28. The Balaban J connectivity index is 0.978. The van der Waals surface area contributed by atoms with Gasteiger partial charge in [-0.15, -0.1) is 0 Å². The van der Waals surface area contributed by atoms with Gasteiger partial charge in [-0.1, -0.05) is 48.0 Å². The zero-order valence-corrected chi connectivity index (χ0v) is 24.5. The molecule has 1 aliphatic carbocycles. The van der Waals surface area contributed by atoms with E-state index < -0.39 is 0 Å². The van der Waals surface area contributed by atoms with Crippen LogP contribution in [0.1, 0.15) is 53.1 Å².